The number of hydrogen-bond acceptors (Lipinski definition) is 5. The number of halogens is 1. The quantitative estimate of drug-likeness (QED) is 0.503. The molecule has 0 radical (unpaired) electrons. The van der Waals surface area contributed by atoms with Crippen LogP contribution in [-0.4, -0.2) is 10.8 Å². The van der Waals surface area contributed by atoms with Gasteiger partial charge in [-0.2, -0.15) is 0 Å². The molecule has 1 aromatic carbocycles. The van der Waals surface area contributed by atoms with Crippen molar-refractivity contribution in [1.29, 1.82) is 0 Å². The summed E-state index contributed by atoms with van der Waals surface area (Å²) in [5, 5.41) is 0.745. The van der Waals surface area contributed by atoms with E-state index >= 15 is 0 Å². The van der Waals surface area contributed by atoms with Crippen LogP contribution in [0.3, 0.4) is 0 Å². The Hall–Kier alpha value is -3.25. The van der Waals surface area contributed by atoms with Gasteiger partial charge in [0.2, 0.25) is 5.76 Å². The van der Waals surface area contributed by atoms with Crippen LogP contribution in [0.1, 0.15) is 39.4 Å². The molecule has 1 atom stereocenters. The Balaban J connectivity index is 1.76. The molecule has 28 heavy (non-hydrogen) atoms. The Morgan fingerprint density at radius 3 is 2.68 bits per heavy atom. The molecule has 1 aliphatic heterocycles. The molecule has 0 spiro atoms. The topological polar surface area (TPSA) is 76.8 Å². The second-order valence-electron chi connectivity index (χ2n) is 6.68. The highest BCUT2D eigenvalue weighted by atomic mass is 35.5. The van der Waals surface area contributed by atoms with Crippen molar-refractivity contribution < 1.29 is 18.0 Å². The molecule has 3 aromatic heterocycles. The molecule has 6 nitrogen and oxygen atoms in total. The van der Waals surface area contributed by atoms with Crippen LogP contribution in [0.4, 0.5) is 0 Å². The van der Waals surface area contributed by atoms with E-state index in [2.05, 4.69) is 0 Å². The second-order valence-corrected chi connectivity index (χ2v) is 7.11. The smallest absolute Gasteiger partial charge is 0.291 e. The van der Waals surface area contributed by atoms with Crippen molar-refractivity contribution in [1.82, 2.24) is 4.90 Å². The van der Waals surface area contributed by atoms with E-state index in [1.54, 1.807) is 49.4 Å². The number of benzene rings is 1. The van der Waals surface area contributed by atoms with Gasteiger partial charge in [0.1, 0.15) is 28.9 Å². The van der Waals surface area contributed by atoms with Crippen LogP contribution in [0.25, 0.3) is 11.0 Å². The van der Waals surface area contributed by atoms with Crippen LogP contribution in [-0.2, 0) is 6.54 Å². The lowest BCUT2D eigenvalue weighted by Crippen LogP contribution is -2.28. The van der Waals surface area contributed by atoms with E-state index in [4.69, 9.17) is 24.9 Å². The summed E-state index contributed by atoms with van der Waals surface area (Å²) in [5.74, 6) is 1.39. The molecule has 0 saturated carbocycles. The number of furan rings is 2. The maximum atomic E-state index is 13.3. The first kappa shape index (κ1) is 16.9. The monoisotopic (exact) mass is 395 g/mol. The molecule has 140 valence electrons. The van der Waals surface area contributed by atoms with Crippen molar-refractivity contribution in [3.8, 4) is 0 Å². The number of aryl methyl sites for hydroxylation is 1. The standard InChI is InChI=1S/C21H14ClNO5/c1-11-4-6-16(27-11)18-17-19(24)14-9-12(22)5-7-15(14)28-20(17)21(25)23(18)10-13-3-2-8-26-13/h2-9,18H,10H2,1H3. The van der Waals surface area contributed by atoms with Crippen molar-refractivity contribution in [2.75, 3.05) is 0 Å². The predicted octanol–water partition coefficient (Wildman–Crippen LogP) is 4.69. The molecule has 0 fully saturated rings. The summed E-state index contributed by atoms with van der Waals surface area (Å²) in [4.78, 5) is 28.0. The first-order valence-electron chi connectivity index (χ1n) is 8.69. The third-order valence-electron chi connectivity index (χ3n) is 4.86. The summed E-state index contributed by atoms with van der Waals surface area (Å²) >= 11 is 6.06. The molecular weight excluding hydrogens is 382 g/mol. The average molecular weight is 396 g/mol. The zero-order valence-electron chi connectivity index (χ0n) is 14.8. The zero-order valence-corrected chi connectivity index (χ0v) is 15.5. The molecule has 1 aliphatic rings. The van der Waals surface area contributed by atoms with E-state index in [0.29, 0.717) is 33.3 Å². The average Bonchev–Trinajstić information content (AvgIpc) is 3.39. The lowest BCUT2D eigenvalue weighted by Gasteiger charge is -2.22. The minimum absolute atomic E-state index is 0.0189. The minimum Gasteiger partial charge on any atom is -0.467 e. The van der Waals surface area contributed by atoms with Gasteiger partial charge in [-0.05, 0) is 49.4 Å². The van der Waals surface area contributed by atoms with Gasteiger partial charge >= 0.3 is 0 Å². The SMILES string of the molecule is Cc1ccc(C2c3c(oc4ccc(Cl)cc4c3=O)C(=O)N2Cc2ccco2)o1. The van der Waals surface area contributed by atoms with Gasteiger partial charge < -0.3 is 18.2 Å². The van der Waals surface area contributed by atoms with Crippen molar-refractivity contribution >= 4 is 28.5 Å². The maximum absolute atomic E-state index is 13.3. The summed E-state index contributed by atoms with van der Waals surface area (Å²) in [5.41, 5.74) is 0.268. The fourth-order valence-electron chi connectivity index (χ4n) is 3.62. The molecule has 1 amide bonds. The highest BCUT2D eigenvalue weighted by Gasteiger charge is 2.44. The number of rotatable bonds is 3. The largest absolute Gasteiger partial charge is 0.467 e. The Morgan fingerprint density at radius 2 is 1.96 bits per heavy atom. The lowest BCUT2D eigenvalue weighted by atomic mass is 10.0. The van der Waals surface area contributed by atoms with Gasteiger partial charge in [-0.15, -0.1) is 0 Å². The maximum Gasteiger partial charge on any atom is 0.291 e. The van der Waals surface area contributed by atoms with Gasteiger partial charge in [0.05, 0.1) is 23.8 Å². The van der Waals surface area contributed by atoms with E-state index in [-0.39, 0.29) is 29.2 Å². The summed E-state index contributed by atoms with van der Waals surface area (Å²) in [6, 6.07) is 11.1. The van der Waals surface area contributed by atoms with E-state index in [9.17, 15) is 9.59 Å². The van der Waals surface area contributed by atoms with E-state index in [1.807, 2.05) is 0 Å². The van der Waals surface area contributed by atoms with Crippen LogP contribution in [0.15, 0.2) is 66.8 Å². The Labute approximate surface area is 163 Å². The number of fused-ring (bicyclic) bond motifs is 2. The highest BCUT2D eigenvalue weighted by Crippen LogP contribution is 2.39. The molecule has 0 aliphatic carbocycles. The fourth-order valence-corrected chi connectivity index (χ4v) is 3.79. The molecule has 7 heteroatoms. The Morgan fingerprint density at radius 1 is 1.11 bits per heavy atom. The van der Waals surface area contributed by atoms with E-state index < -0.39 is 6.04 Å². The molecule has 5 rings (SSSR count). The van der Waals surface area contributed by atoms with Gasteiger partial charge in [-0.3, -0.25) is 9.59 Å². The third-order valence-corrected chi connectivity index (χ3v) is 5.10. The number of carbonyl (C=O) groups excluding carboxylic acids is 1. The highest BCUT2D eigenvalue weighted by molar-refractivity contribution is 6.31. The fraction of sp³-hybridized carbons (Fsp3) is 0.143. The number of hydrogen-bond donors (Lipinski definition) is 0. The zero-order chi connectivity index (χ0) is 19.4. The summed E-state index contributed by atoms with van der Waals surface area (Å²) in [7, 11) is 0. The summed E-state index contributed by atoms with van der Waals surface area (Å²) < 4.78 is 17.0. The van der Waals surface area contributed by atoms with Crippen LogP contribution < -0.4 is 5.43 Å². The second kappa shape index (κ2) is 6.14. The first-order valence-corrected chi connectivity index (χ1v) is 9.06. The van der Waals surface area contributed by atoms with Crippen molar-refractivity contribution in [3.63, 3.8) is 0 Å². The van der Waals surface area contributed by atoms with Gasteiger partial charge in [0, 0.05) is 5.02 Å². The van der Waals surface area contributed by atoms with Crippen molar-refractivity contribution in [3.05, 3.63) is 92.6 Å². The van der Waals surface area contributed by atoms with E-state index in [0.717, 1.165) is 0 Å². The number of amides is 1. The van der Waals surface area contributed by atoms with E-state index in [1.165, 1.54) is 11.2 Å². The van der Waals surface area contributed by atoms with Crippen LogP contribution >= 0.6 is 11.6 Å². The van der Waals surface area contributed by atoms with Gasteiger partial charge in [-0.25, -0.2) is 0 Å². The summed E-state index contributed by atoms with van der Waals surface area (Å²) in [6.07, 6.45) is 1.54. The number of nitrogens with zero attached hydrogens (tertiary/aromatic N) is 1. The van der Waals surface area contributed by atoms with Gasteiger partial charge in [-0.1, -0.05) is 11.6 Å². The Bertz CT molecular complexity index is 1270. The predicted molar refractivity (Wildman–Crippen MR) is 101 cm³/mol. The molecule has 0 saturated heterocycles. The number of carbonyl (C=O) groups is 1. The van der Waals surface area contributed by atoms with Gasteiger partial charge in [0.15, 0.2) is 5.43 Å². The van der Waals surface area contributed by atoms with Crippen molar-refractivity contribution in [2.24, 2.45) is 0 Å². The third kappa shape index (κ3) is 2.49. The van der Waals surface area contributed by atoms with Gasteiger partial charge in [0.25, 0.3) is 5.91 Å². The lowest BCUT2D eigenvalue weighted by molar-refractivity contribution is 0.0686. The molecule has 0 bridgehead atoms. The summed E-state index contributed by atoms with van der Waals surface area (Å²) in [6.45, 7) is 1.98. The van der Waals surface area contributed by atoms with Crippen LogP contribution in [0.2, 0.25) is 5.02 Å². The molecule has 1 unspecified atom stereocenters. The molecule has 0 N–H and O–H groups in total. The molecular formula is C21H14ClNO5. The molecule has 4 heterocycles. The van der Waals surface area contributed by atoms with Crippen LogP contribution in [0, 0.1) is 6.92 Å². The van der Waals surface area contributed by atoms with Crippen LogP contribution in [0.5, 0.6) is 0 Å². The van der Waals surface area contributed by atoms with Crippen molar-refractivity contribution in [2.45, 2.75) is 19.5 Å². The molecule has 4 aromatic rings. The normalized spacial score (nSPS) is 16.1. The Kier molecular flexibility index (Phi) is 3.70. The first-order chi connectivity index (χ1) is 13.5. The minimum atomic E-state index is -0.707.